The third kappa shape index (κ3) is 7.60. The van der Waals surface area contributed by atoms with E-state index in [4.69, 9.17) is 23.9 Å². The lowest BCUT2D eigenvalue weighted by atomic mass is 10.1. The first-order chi connectivity index (χ1) is 28.7. The first-order valence-corrected chi connectivity index (χ1v) is 19.3. The van der Waals surface area contributed by atoms with Gasteiger partial charge in [-0.1, -0.05) is 36.4 Å². The predicted molar refractivity (Wildman–Crippen MR) is 228 cm³/mol. The number of fused-ring (bicyclic) bond motifs is 5. The van der Waals surface area contributed by atoms with E-state index in [2.05, 4.69) is 22.3 Å². The Labute approximate surface area is 342 Å². The molecule has 13 nitrogen and oxygen atoms in total. The number of nitrogens with zero attached hydrogens (tertiary/aromatic N) is 4. The normalized spacial score (nSPS) is 15.3. The molecule has 13 heteroatoms. The summed E-state index contributed by atoms with van der Waals surface area (Å²) in [7, 11) is 4.75. The van der Waals surface area contributed by atoms with Crippen LogP contribution in [0.4, 0.5) is 28.4 Å². The van der Waals surface area contributed by atoms with Gasteiger partial charge < -0.3 is 34.5 Å². The molecule has 0 aromatic heterocycles. The number of aliphatic imine (C=N–C) groups is 2. The lowest BCUT2D eigenvalue weighted by molar-refractivity contribution is -0.117. The molecule has 0 unspecified atom stereocenters. The summed E-state index contributed by atoms with van der Waals surface area (Å²) < 4.78 is 24.1. The molecular formula is C46H44N6O7. The minimum atomic E-state index is -0.449. The number of benzene rings is 5. The van der Waals surface area contributed by atoms with Crippen LogP contribution in [-0.2, 0) is 30.8 Å². The highest BCUT2D eigenvalue weighted by Gasteiger charge is 2.36. The number of hydrogen-bond donors (Lipinski definition) is 2. The van der Waals surface area contributed by atoms with Crippen LogP contribution in [-0.4, -0.2) is 70.5 Å². The van der Waals surface area contributed by atoms with Gasteiger partial charge in [-0.3, -0.25) is 29.3 Å². The van der Waals surface area contributed by atoms with Crippen molar-refractivity contribution in [2.24, 2.45) is 9.98 Å². The molecule has 8 rings (SSSR count). The van der Waals surface area contributed by atoms with Crippen LogP contribution in [0.5, 0.6) is 23.0 Å². The second kappa shape index (κ2) is 16.5. The van der Waals surface area contributed by atoms with Crippen LogP contribution in [0.2, 0.25) is 0 Å². The highest BCUT2D eigenvalue weighted by atomic mass is 16.5. The number of methoxy groups -OCH3 is 2. The summed E-state index contributed by atoms with van der Waals surface area (Å²) in [6.07, 6.45) is 3.26. The molecule has 0 aliphatic carbocycles. The molecule has 59 heavy (non-hydrogen) atoms. The number of ether oxygens (including phenoxy) is 4. The fourth-order valence-corrected chi connectivity index (χ4v) is 7.71. The molecule has 0 saturated heterocycles. The van der Waals surface area contributed by atoms with Gasteiger partial charge in [0, 0.05) is 48.4 Å². The average Bonchev–Trinajstić information content (AvgIpc) is 3.84. The number of rotatable bonds is 13. The van der Waals surface area contributed by atoms with E-state index in [1.807, 2.05) is 72.9 Å². The highest BCUT2D eigenvalue weighted by molar-refractivity contribution is 6.15. The van der Waals surface area contributed by atoms with Crippen LogP contribution in [0, 0.1) is 0 Å². The van der Waals surface area contributed by atoms with Crippen molar-refractivity contribution in [3.63, 3.8) is 0 Å². The minimum Gasteiger partial charge on any atom is -0.493 e. The fraction of sp³-hybridized carbons (Fsp3) is 0.239. The summed E-state index contributed by atoms with van der Waals surface area (Å²) in [6.45, 7) is 6.20. The number of anilines is 3. The Bertz CT molecular complexity index is 2520. The Balaban J connectivity index is 1.04. The van der Waals surface area contributed by atoms with E-state index in [-0.39, 0.29) is 37.0 Å². The van der Waals surface area contributed by atoms with Crippen molar-refractivity contribution in [1.29, 1.82) is 0 Å². The standard InChI is InChI=1S/C46H44N6O7/c1-27(47-2)44(53)50-32-17-28(25-58-42-22-36(48-3)34(20-40(42)56-4)45(54)51-15-14-30-10-6-8-12-38(30)51)16-29(18-32)26-59-43-23-37-35(21-41(43)57-5)46(55)52-33(24-49-37)19-31-11-7-9-13-39(31)52/h6-13,16-18,20-24,27,33,47H,3,14-15,19,25-26H2,1-2,4-5H3,(H,50,53)/t27-,33-/m0/s1. The number of amides is 3. The van der Waals surface area contributed by atoms with Gasteiger partial charge in [-0.25, -0.2) is 0 Å². The van der Waals surface area contributed by atoms with Crippen molar-refractivity contribution >= 4 is 59.1 Å². The zero-order chi connectivity index (χ0) is 41.2. The summed E-state index contributed by atoms with van der Waals surface area (Å²) >= 11 is 0. The minimum absolute atomic E-state index is 0.0673. The molecule has 2 atom stereocenters. The summed E-state index contributed by atoms with van der Waals surface area (Å²) in [6, 6.07) is 27.3. The van der Waals surface area contributed by atoms with Crippen LogP contribution < -0.4 is 39.4 Å². The average molecular weight is 793 g/mol. The van der Waals surface area contributed by atoms with E-state index in [0.29, 0.717) is 69.7 Å². The second-order valence-corrected chi connectivity index (χ2v) is 14.5. The Morgan fingerprint density at radius 3 is 2.22 bits per heavy atom. The summed E-state index contributed by atoms with van der Waals surface area (Å²) in [4.78, 5) is 53.2. The number of carbonyl (C=O) groups is 3. The zero-order valence-corrected chi connectivity index (χ0v) is 33.3. The molecule has 0 spiro atoms. The number of hydrogen-bond acceptors (Lipinski definition) is 10. The molecule has 2 N–H and O–H groups in total. The largest absolute Gasteiger partial charge is 0.493 e. The number of carbonyl (C=O) groups excluding carboxylic acids is 3. The van der Waals surface area contributed by atoms with Gasteiger partial charge in [-0.05, 0) is 91.8 Å². The first kappa shape index (κ1) is 38.9. The number of para-hydroxylation sites is 2. The third-order valence-electron chi connectivity index (χ3n) is 10.9. The highest BCUT2D eigenvalue weighted by Crippen LogP contribution is 2.42. The smallest absolute Gasteiger partial charge is 0.261 e. The molecule has 0 saturated carbocycles. The van der Waals surface area contributed by atoms with Gasteiger partial charge in [-0.2, -0.15) is 0 Å². The van der Waals surface area contributed by atoms with Gasteiger partial charge in [0.15, 0.2) is 23.0 Å². The molecule has 5 aromatic carbocycles. The van der Waals surface area contributed by atoms with E-state index in [1.54, 1.807) is 48.0 Å². The summed E-state index contributed by atoms with van der Waals surface area (Å²) in [5.74, 6) is 0.900. The van der Waals surface area contributed by atoms with Gasteiger partial charge in [0.05, 0.1) is 48.8 Å². The van der Waals surface area contributed by atoms with E-state index in [0.717, 1.165) is 34.5 Å². The van der Waals surface area contributed by atoms with E-state index < -0.39 is 6.04 Å². The molecule has 300 valence electrons. The van der Waals surface area contributed by atoms with Gasteiger partial charge in [0.25, 0.3) is 11.8 Å². The molecule has 0 bridgehead atoms. The molecule has 5 aromatic rings. The fourth-order valence-electron chi connectivity index (χ4n) is 7.71. The van der Waals surface area contributed by atoms with Gasteiger partial charge >= 0.3 is 0 Å². The van der Waals surface area contributed by atoms with Crippen LogP contribution in [0.15, 0.2) is 101 Å². The zero-order valence-electron chi connectivity index (χ0n) is 33.3. The van der Waals surface area contributed by atoms with Gasteiger partial charge in [0.2, 0.25) is 5.91 Å². The SMILES string of the molecule is C=Nc1cc(OCc2cc(COc3cc4c(cc3OC)C(=O)N3c5ccccc5C[C@H]3C=N4)cc(NC(=O)[C@H](C)NC)c2)c(OC)cc1C(=O)N1CCc2ccccc21. The monoisotopic (exact) mass is 792 g/mol. The number of likely N-dealkylation sites (N-methyl/N-ethyl adjacent to an activating group) is 1. The van der Waals surface area contributed by atoms with E-state index in [9.17, 15) is 14.4 Å². The quantitative estimate of drug-likeness (QED) is 0.119. The predicted octanol–water partition coefficient (Wildman–Crippen LogP) is 7.23. The lowest BCUT2D eigenvalue weighted by Gasteiger charge is -2.22. The van der Waals surface area contributed by atoms with Crippen molar-refractivity contribution in [2.75, 3.05) is 42.9 Å². The maximum Gasteiger partial charge on any atom is 0.261 e. The molecule has 3 aliphatic heterocycles. The molecular weight excluding hydrogens is 749 g/mol. The van der Waals surface area contributed by atoms with Gasteiger partial charge in [-0.15, -0.1) is 0 Å². The molecule has 0 fully saturated rings. The molecule has 3 amide bonds. The maximum atomic E-state index is 13.9. The van der Waals surface area contributed by atoms with Crippen molar-refractivity contribution in [1.82, 2.24) is 5.32 Å². The summed E-state index contributed by atoms with van der Waals surface area (Å²) in [5.41, 5.74) is 7.53. The van der Waals surface area contributed by atoms with Crippen molar-refractivity contribution in [3.8, 4) is 23.0 Å². The topological polar surface area (TPSA) is 143 Å². The lowest BCUT2D eigenvalue weighted by Crippen LogP contribution is -2.37. The second-order valence-electron chi connectivity index (χ2n) is 14.5. The Kier molecular flexibility index (Phi) is 10.8. The molecule has 0 radical (unpaired) electrons. The Morgan fingerprint density at radius 2 is 1.53 bits per heavy atom. The Morgan fingerprint density at radius 1 is 0.864 bits per heavy atom. The Hall–Kier alpha value is -6.99. The van der Waals surface area contributed by atoms with Crippen molar-refractivity contribution < 1.29 is 33.3 Å². The van der Waals surface area contributed by atoms with Crippen LogP contribution in [0.25, 0.3) is 0 Å². The maximum absolute atomic E-state index is 13.9. The third-order valence-corrected chi connectivity index (χ3v) is 10.9. The number of nitrogens with one attached hydrogen (secondary N) is 2. The van der Waals surface area contributed by atoms with Crippen LogP contribution in [0.3, 0.4) is 0 Å². The van der Waals surface area contributed by atoms with Crippen LogP contribution >= 0.6 is 0 Å². The van der Waals surface area contributed by atoms with Gasteiger partial charge in [0.1, 0.15) is 13.2 Å². The van der Waals surface area contributed by atoms with E-state index in [1.165, 1.54) is 14.2 Å². The molecule has 3 heterocycles. The summed E-state index contributed by atoms with van der Waals surface area (Å²) in [5, 5.41) is 5.94. The van der Waals surface area contributed by atoms with Crippen molar-refractivity contribution in [3.05, 3.63) is 124 Å². The van der Waals surface area contributed by atoms with Crippen molar-refractivity contribution in [2.45, 2.75) is 45.1 Å². The first-order valence-electron chi connectivity index (χ1n) is 19.3. The van der Waals surface area contributed by atoms with Crippen LogP contribution in [0.1, 0.15) is 49.9 Å². The van der Waals surface area contributed by atoms with E-state index >= 15 is 0 Å². The molecule has 3 aliphatic rings.